The van der Waals surface area contributed by atoms with Crippen LogP contribution in [-0.2, 0) is 6.54 Å². The molecule has 0 amide bonds. The topological polar surface area (TPSA) is 17.8 Å². The largest absolute Gasteiger partial charge is 0.327 e. The third kappa shape index (κ3) is 2.08. The van der Waals surface area contributed by atoms with Gasteiger partial charge in [0.1, 0.15) is 5.82 Å². The number of fused-ring (bicyclic) bond motifs is 1. The summed E-state index contributed by atoms with van der Waals surface area (Å²) in [4.78, 5) is 4.81. The van der Waals surface area contributed by atoms with Crippen LogP contribution in [-0.4, -0.2) is 15.8 Å². The van der Waals surface area contributed by atoms with Crippen LogP contribution in [0, 0.1) is 5.92 Å². The van der Waals surface area contributed by atoms with Gasteiger partial charge in [0.05, 0.1) is 16.3 Å². The molecule has 2 aromatic rings. The Labute approximate surface area is 106 Å². The lowest BCUT2D eigenvalue weighted by Gasteiger charge is -2.12. The van der Waals surface area contributed by atoms with E-state index in [1.807, 2.05) is 11.8 Å². The summed E-state index contributed by atoms with van der Waals surface area (Å²) in [5.41, 5.74) is 2.44. The van der Waals surface area contributed by atoms with Crippen LogP contribution in [0.15, 0.2) is 24.3 Å². The molecule has 0 saturated heterocycles. The highest BCUT2D eigenvalue weighted by molar-refractivity contribution is 7.98. The number of hydrogen-bond donors (Lipinski definition) is 0. The van der Waals surface area contributed by atoms with E-state index in [1.165, 1.54) is 24.2 Å². The summed E-state index contributed by atoms with van der Waals surface area (Å²) in [6.07, 6.45) is 4.94. The van der Waals surface area contributed by atoms with Crippen molar-refractivity contribution in [2.45, 2.75) is 31.6 Å². The number of nitrogens with zero attached hydrogens (tertiary/aromatic N) is 2. The van der Waals surface area contributed by atoms with Crippen molar-refractivity contribution < 1.29 is 0 Å². The molecule has 0 spiro atoms. The highest BCUT2D eigenvalue weighted by Gasteiger charge is 2.25. The van der Waals surface area contributed by atoms with Crippen LogP contribution in [0.2, 0.25) is 0 Å². The van der Waals surface area contributed by atoms with Gasteiger partial charge in [-0.15, -0.1) is 0 Å². The molecule has 0 bridgehead atoms. The lowest BCUT2D eigenvalue weighted by Crippen LogP contribution is -2.06. The van der Waals surface area contributed by atoms with Crippen molar-refractivity contribution in [3.63, 3.8) is 0 Å². The number of para-hydroxylation sites is 2. The molecule has 1 aliphatic rings. The fourth-order valence-electron chi connectivity index (χ4n) is 2.26. The van der Waals surface area contributed by atoms with Crippen molar-refractivity contribution in [2.24, 2.45) is 5.92 Å². The van der Waals surface area contributed by atoms with E-state index in [2.05, 4.69) is 42.0 Å². The smallest absolute Gasteiger partial charge is 0.122 e. The van der Waals surface area contributed by atoms with Crippen molar-refractivity contribution in [1.82, 2.24) is 9.55 Å². The van der Waals surface area contributed by atoms with Gasteiger partial charge in [-0.25, -0.2) is 4.98 Å². The normalized spacial score (nSPS) is 17.5. The van der Waals surface area contributed by atoms with Crippen LogP contribution < -0.4 is 0 Å². The number of hydrogen-bond acceptors (Lipinski definition) is 2. The number of thioether (sulfide) groups is 1. The summed E-state index contributed by atoms with van der Waals surface area (Å²) >= 11 is 1.87. The van der Waals surface area contributed by atoms with Gasteiger partial charge in [-0.2, -0.15) is 11.8 Å². The summed E-state index contributed by atoms with van der Waals surface area (Å²) in [5.74, 6) is 2.13. The molecule has 0 radical (unpaired) electrons. The molecule has 1 heterocycles. The Morgan fingerprint density at radius 3 is 2.88 bits per heavy atom. The third-order valence-corrected chi connectivity index (χ3v) is 4.46. The van der Waals surface area contributed by atoms with Gasteiger partial charge in [0.25, 0.3) is 0 Å². The van der Waals surface area contributed by atoms with E-state index in [1.54, 1.807) is 0 Å². The molecule has 0 N–H and O–H groups in total. The Hall–Kier alpha value is -0.960. The van der Waals surface area contributed by atoms with Gasteiger partial charge in [-0.3, -0.25) is 0 Å². The number of aromatic nitrogens is 2. The van der Waals surface area contributed by atoms with Gasteiger partial charge in [-0.05, 0) is 44.1 Å². The third-order valence-electron chi connectivity index (χ3n) is 3.54. The molecular weight excluding hydrogens is 228 g/mol. The average molecular weight is 246 g/mol. The molecule has 1 saturated carbocycles. The van der Waals surface area contributed by atoms with E-state index in [4.69, 9.17) is 4.98 Å². The lowest BCUT2D eigenvalue weighted by atomic mass is 10.3. The van der Waals surface area contributed by atoms with E-state index in [0.29, 0.717) is 5.25 Å². The van der Waals surface area contributed by atoms with Crippen LogP contribution >= 0.6 is 11.8 Å². The molecule has 0 aliphatic heterocycles. The van der Waals surface area contributed by atoms with Crippen LogP contribution in [0.5, 0.6) is 0 Å². The second kappa shape index (κ2) is 4.37. The van der Waals surface area contributed by atoms with Gasteiger partial charge >= 0.3 is 0 Å². The highest BCUT2D eigenvalue weighted by Crippen LogP contribution is 2.35. The van der Waals surface area contributed by atoms with Crippen molar-refractivity contribution in [2.75, 3.05) is 6.26 Å². The van der Waals surface area contributed by atoms with E-state index in [9.17, 15) is 0 Å². The zero-order valence-electron chi connectivity index (χ0n) is 10.4. The van der Waals surface area contributed by atoms with Crippen molar-refractivity contribution in [1.29, 1.82) is 0 Å². The Morgan fingerprint density at radius 1 is 1.41 bits per heavy atom. The maximum absolute atomic E-state index is 4.81. The first-order valence-electron chi connectivity index (χ1n) is 6.27. The lowest BCUT2D eigenvalue weighted by molar-refractivity contribution is 0.612. The monoisotopic (exact) mass is 246 g/mol. The number of benzene rings is 1. The van der Waals surface area contributed by atoms with Crippen LogP contribution in [0.3, 0.4) is 0 Å². The molecule has 1 aliphatic carbocycles. The van der Waals surface area contributed by atoms with Gasteiger partial charge in [-0.1, -0.05) is 12.1 Å². The number of imidazole rings is 1. The molecule has 2 nitrogen and oxygen atoms in total. The maximum atomic E-state index is 4.81. The van der Waals surface area contributed by atoms with E-state index in [-0.39, 0.29) is 0 Å². The Balaban J connectivity index is 2.10. The molecule has 1 aromatic heterocycles. The fraction of sp³-hybridized carbons (Fsp3) is 0.500. The average Bonchev–Trinajstić information content (AvgIpc) is 3.10. The second-order valence-electron chi connectivity index (χ2n) is 4.89. The summed E-state index contributed by atoms with van der Waals surface area (Å²) in [6, 6.07) is 8.50. The van der Waals surface area contributed by atoms with Crippen LogP contribution in [0.25, 0.3) is 11.0 Å². The first-order valence-corrected chi connectivity index (χ1v) is 7.56. The molecule has 1 aromatic carbocycles. The van der Waals surface area contributed by atoms with Crippen molar-refractivity contribution in [3.8, 4) is 0 Å². The van der Waals surface area contributed by atoms with Gasteiger partial charge in [0.2, 0.25) is 0 Å². The van der Waals surface area contributed by atoms with Gasteiger partial charge < -0.3 is 4.57 Å². The number of rotatable bonds is 4. The molecule has 3 heteroatoms. The van der Waals surface area contributed by atoms with Crippen LogP contribution in [0.1, 0.15) is 30.8 Å². The first-order chi connectivity index (χ1) is 8.29. The quantitative estimate of drug-likeness (QED) is 0.815. The standard InChI is InChI=1S/C14H18N2S/c1-10(17-2)14-15-12-5-3-4-6-13(12)16(14)9-11-7-8-11/h3-6,10-11H,7-9H2,1-2H3. The SMILES string of the molecule is CSC(C)c1nc2ccccc2n1CC1CC1. The molecule has 1 atom stereocenters. The predicted molar refractivity (Wildman–Crippen MR) is 74.4 cm³/mol. The minimum absolute atomic E-state index is 0.473. The summed E-state index contributed by atoms with van der Waals surface area (Å²) in [5, 5.41) is 0.473. The molecular formula is C14H18N2S. The zero-order chi connectivity index (χ0) is 11.8. The highest BCUT2D eigenvalue weighted by atomic mass is 32.2. The molecule has 1 unspecified atom stereocenters. The maximum Gasteiger partial charge on any atom is 0.122 e. The Bertz CT molecular complexity index is 528. The fourth-order valence-corrected chi connectivity index (χ4v) is 2.65. The van der Waals surface area contributed by atoms with Gasteiger partial charge in [0, 0.05) is 6.54 Å². The van der Waals surface area contributed by atoms with Crippen LogP contribution in [0.4, 0.5) is 0 Å². The van der Waals surface area contributed by atoms with E-state index >= 15 is 0 Å². The van der Waals surface area contributed by atoms with Crippen molar-refractivity contribution >= 4 is 22.8 Å². The second-order valence-corrected chi connectivity index (χ2v) is 6.07. The molecule has 17 heavy (non-hydrogen) atoms. The van der Waals surface area contributed by atoms with Crippen molar-refractivity contribution in [3.05, 3.63) is 30.1 Å². The predicted octanol–water partition coefficient (Wildman–Crippen LogP) is 3.87. The molecule has 1 fully saturated rings. The Kier molecular flexibility index (Phi) is 2.87. The minimum atomic E-state index is 0.473. The van der Waals surface area contributed by atoms with Gasteiger partial charge in [0.15, 0.2) is 0 Å². The molecule has 3 rings (SSSR count). The minimum Gasteiger partial charge on any atom is -0.327 e. The summed E-state index contributed by atoms with van der Waals surface area (Å²) < 4.78 is 2.44. The zero-order valence-corrected chi connectivity index (χ0v) is 11.2. The summed E-state index contributed by atoms with van der Waals surface area (Å²) in [6.45, 7) is 3.40. The van der Waals surface area contributed by atoms with E-state index in [0.717, 1.165) is 18.0 Å². The molecule has 90 valence electrons. The Morgan fingerprint density at radius 2 is 2.18 bits per heavy atom. The summed E-state index contributed by atoms with van der Waals surface area (Å²) in [7, 11) is 0. The van der Waals surface area contributed by atoms with E-state index < -0.39 is 0 Å². The first kappa shape index (κ1) is 11.1.